The summed E-state index contributed by atoms with van der Waals surface area (Å²) in [7, 11) is 0. The van der Waals surface area contributed by atoms with Gasteiger partial charge in [0.2, 0.25) is 0 Å². The zero-order chi connectivity index (χ0) is 32.4. The minimum atomic E-state index is 0.249. The van der Waals surface area contributed by atoms with Gasteiger partial charge in [-0.15, -0.1) is 0 Å². The number of ether oxygens (including phenoxy) is 1. The molecule has 4 fully saturated rings. The van der Waals surface area contributed by atoms with Gasteiger partial charge in [-0.25, -0.2) is 0 Å². The van der Waals surface area contributed by atoms with E-state index in [2.05, 4.69) is 84.8 Å². The summed E-state index contributed by atoms with van der Waals surface area (Å²) in [5.41, 5.74) is 4.67. The number of para-hydroxylation sites is 1. The summed E-state index contributed by atoms with van der Waals surface area (Å²) in [5.74, 6) is 7.08. The second-order valence-corrected chi connectivity index (χ2v) is 15.8. The first kappa shape index (κ1) is 33.6. The molecule has 0 heterocycles. The van der Waals surface area contributed by atoms with Crippen molar-refractivity contribution >= 4 is 13.6 Å². The zero-order valence-corrected chi connectivity index (χ0v) is 29.5. The van der Waals surface area contributed by atoms with E-state index < -0.39 is 0 Å². The van der Waals surface area contributed by atoms with Gasteiger partial charge in [0.15, 0.2) is 6.71 Å². The molecule has 0 saturated heterocycles. The Morgan fingerprint density at radius 1 is 0.458 bits per heavy atom. The fourth-order valence-corrected chi connectivity index (χ4v) is 10.0. The normalized spacial score (nSPS) is 20.7. The van der Waals surface area contributed by atoms with Gasteiger partial charge >= 0.3 is 6.92 Å². The topological polar surface area (TPSA) is 18.5 Å². The molecule has 0 bridgehead atoms. The SMILES string of the molecule is C(/B(C1CCCCC1)C1CCCCC1)=C(\OB(C1CCCCC1)C1CCCCC1)Oc1c(-c2ccccc2)cccc1-c1ccccc1. The zero-order valence-electron chi connectivity index (χ0n) is 29.5. The van der Waals surface area contributed by atoms with Crippen molar-refractivity contribution in [3.63, 3.8) is 0 Å². The maximum Gasteiger partial charge on any atom is 0.368 e. The maximum atomic E-state index is 7.57. The van der Waals surface area contributed by atoms with E-state index in [0.717, 1.165) is 34.5 Å². The highest BCUT2D eigenvalue weighted by Gasteiger charge is 2.41. The molecule has 252 valence electrons. The van der Waals surface area contributed by atoms with Gasteiger partial charge in [-0.05, 0) is 28.7 Å². The highest BCUT2D eigenvalue weighted by Crippen LogP contribution is 2.47. The van der Waals surface area contributed by atoms with E-state index in [-0.39, 0.29) is 6.92 Å². The van der Waals surface area contributed by atoms with Gasteiger partial charge < -0.3 is 9.39 Å². The van der Waals surface area contributed by atoms with Crippen LogP contribution in [0.2, 0.25) is 23.3 Å². The summed E-state index contributed by atoms with van der Waals surface area (Å²) in [6.07, 6.45) is 27.1. The molecule has 48 heavy (non-hydrogen) atoms. The number of hydrogen-bond acceptors (Lipinski definition) is 2. The molecular weight excluding hydrogens is 582 g/mol. The molecular formula is C44H58B2O2. The fourth-order valence-electron chi connectivity index (χ4n) is 10.0. The van der Waals surface area contributed by atoms with Crippen LogP contribution in [0.3, 0.4) is 0 Å². The Bertz CT molecular complexity index is 1320. The van der Waals surface area contributed by atoms with Crippen molar-refractivity contribution < 1.29 is 9.39 Å². The second kappa shape index (κ2) is 17.2. The molecule has 0 unspecified atom stereocenters. The van der Waals surface area contributed by atoms with Crippen molar-refractivity contribution in [2.75, 3.05) is 0 Å². The van der Waals surface area contributed by atoms with Crippen LogP contribution in [-0.2, 0) is 4.65 Å². The van der Waals surface area contributed by atoms with Gasteiger partial charge in [-0.1, -0.05) is 219 Å². The molecule has 4 heteroatoms. The van der Waals surface area contributed by atoms with E-state index in [1.807, 2.05) is 0 Å². The van der Waals surface area contributed by atoms with E-state index in [1.165, 1.54) is 140 Å². The molecule has 0 amide bonds. The molecule has 0 radical (unpaired) electrons. The largest absolute Gasteiger partial charge is 0.536 e. The number of benzene rings is 3. The maximum absolute atomic E-state index is 7.57. The Kier molecular flexibility index (Phi) is 12.0. The van der Waals surface area contributed by atoms with Gasteiger partial charge in [0, 0.05) is 11.1 Å². The van der Waals surface area contributed by atoms with Crippen LogP contribution in [0.4, 0.5) is 0 Å². The van der Waals surface area contributed by atoms with Gasteiger partial charge in [0.25, 0.3) is 5.95 Å². The molecule has 7 rings (SSSR count). The third kappa shape index (κ3) is 8.46. The number of hydrogen-bond donors (Lipinski definition) is 0. The first-order valence-electron chi connectivity index (χ1n) is 20.1. The fraction of sp³-hybridized carbons (Fsp3) is 0.545. The van der Waals surface area contributed by atoms with Crippen LogP contribution in [0, 0.1) is 0 Å². The molecule has 0 aromatic heterocycles. The van der Waals surface area contributed by atoms with Crippen LogP contribution >= 0.6 is 0 Å². The second-order valence-electron chi connectivity index (χ2n) is 15.8. The standard InChI is InChI=1S/C44H58B2O2/c1-7-20-35(21-8-1)41-32-19-33-42(36-22-9-2-10-23-36)44(41)47-43(34-45(37-24-11-3-12-25-37)38-26-13-4-14-27-38)48-46(39-28-15-5-16-29-39)40-30-17-6-18-31-40/h1-2,7-10,19-23,32-34,37-40H,3-6,11-18,24-31H2/b43-34+. The van der Waals surface area contributed by atoms with Gasteiger partial charge in [0.05, 0.1) is 0 Å². The average molecular weight is 641 g/mol. The molecule has 4 aliphatic rings. The Labute approximate surface area is 292 Å². The molecule has 3 aromatic rings. The Hall–Kier alpha value is -2.87. The van der Waals surface area contributed by atoms with Crippen LogP contribution in [-0.4, -0.2) is 13.6 Å². The minimum Gasteiger partial charge on any atom is -0.536 e. The molecule has 3 aromatic carbocycles. The molecule has 0 atom stereocenters. The van der Waals surface area contributed by atoms with Crippen LogP contribution < -0.4 is 4.74 Å². The van der Waals surface area contributed by atoms with Crippen molar-refractivity contribution in [2.45, 2.75) is 152 Å². The third-order valence-corrected chi connectivity index (χ3v) is 12.6. The highest BCUT2D eigenvalue weighted by atomic mass is 16.7. The summed E-state index contributed by atoms with van der Waals surface area (Å²) < 4.78 is 15.0. The smallest absolute Gasteiger partial charge is 0.368 e. The van der Waals surface area contributed by atoms with Crippen LogP contribution in [0.15, 0.2) is 90.8 Å². The minimum absolute atomic E-state index is 0.249. The van der Waals surface area contributed by atoms with Gasteiger partial charge in [-0.2, -0.15) is 0 Å². The number of rotatable bonds is 11. The molecule has 4 aliphatic carbocycles. The highest BCUT2D eigenvalue weighted by molar-refractivity contribution is 6.67. The van der Waals surface area contributed by atoms with E-state index in [9.17, 15) is 0 Å². The van der Waals surface area contributed by atoms with E-state index in [4.69, 9.17) is 9.39 Å². The van der Waals surface area contributed by atoms with Gasteiger partial charge in [0.1, 0.15) is 5.75 Å². The summed E-state index contributed by atoms with van der Waals surface area (Å²) >= 11 is 0. The molecule has 0 N–H and O–H groups in total. The summed E-state index contributed by atoms with van der Waals surface area (Å²) in [6, 6.07) is 28.4. The van der Waals surface area contributed by atoms with E-state index in [0.29, 0.717) is 18.3 Å². The van der Waals surface area contributed by atoms with Crippen molar-refractivity contribution in [3.8, 4) is 28.0 Å². The molecule has 4 saturated carbocycles. The lowest BCUT2D eigenvalue weighted by molar-refractivity contribution is 0.213. The lowest BCUT2D eigenvalue weighted by Gasteiger charge is -2.37. The first-order valence-corrected chi connectivity index (χ1v) is 20.1. The predicted octanol–water partition coefficient (Wildman–Crippen LogP) is 13.6. The quantitative estimate of drug-likeness (QED) is 0.153. The van der Waals surface area contributed by atoms with Crippen LogP contribution in [0.5, 0.6) is 5.75 Å². The predicted molar refractivity (Wildman–Crippen MR) is 206 cm³/mol. The lowest BCUT2D eigenvalue weighted by atomic mass is 9.30. The average Bonchev–Trinajstić information content (AvgIpc) is 3.18. The van der Waals surface area contributed by atoms with Crippen LogP contribution in [0.1, 0.15) is 128 Å². The van der Waals surface area contributed by atoms with Crippen molar-refractivity contribution in [1.29, 1.82) is 0 Å². The van der Waals surface area contributed by atoms with Crippen LogP contribution in [0.25, 0.3) is 22.3 Å². The molecule has 0 spiro atoms. The van der Waals surface area contributed by atoms with E-state index in [1.54, 1.807) is 0 Å². The summed E-state index contributed by atoms with van der Waals surface area (Å²) in [5, 5.41) is 0. The summed E-state index contributed by atoms with van der Waals surface area (Å²) in [6.45, 7) is 0.780. The monoisotopic (exact) mass is 640 g/mol. The van der Waals surface area contributed by atoms with Crippen molar-refractivity contribution in [3.05, 3.63) is 90.8 Å². The third-order valence-electron chi connectivity index (χ3n) is 12.6. The van der Waals surface area contributed by atoms with Crippen molar-refractivity contribution in [2.24, 2.45) is 0 Å². The van der Waals surface area contributed by atoms with Gasteiger partial charge in [-0.3, -0.25) is 0 Å². The molecule has 2 nitrogen and oxygen atoms in total. The Balaban J connectivity index is 1.34. The van der Waals surface area contributed by atoms with Crippen molar-refractivity contribution in [1.82, 2.24) is 0 Å². The first-order chi connectivity index (χ1) is 23.8. The summed E-state index contributed by atoms with van der Waals surface area (Å²) in [4.78, 5) is 0. The Morgan fingerprint density at radius 3 is 1.27 bits per heavy atom. The Morgan fingerprint density at radius 2 is 0.854 bits per heavy atom. The lowest BCUT2D eigenvalue weighted by Crippen LogP contribution is -2.35. The van der Waals surface area contributed by atoms with E-state index >= 15 is 0 Å². The molecule has 0 aliphatic heterocycles.